The summed E-state index contributed by atoms with van der Waals surface area (Å²) in [6.07, 6.45) is 5.46. The molecule has 1 amide bonds. The average Bonchev–Trinajstić information content (AvgIpc) is 3.13. The van der Waals surface area contributed by atoms with Gasteiger partial charge in [-0.05, 0) is 44.6 Å². The second-order valence-electron chi connectivity index (χ2n) is 6.24. The smallest absolute Gasteiger partial charge is 0.263 e. The fourth-order valence-corrected chi connectivity index (χ4v) is 2.67. The van der Waals surface area contributed by atoms with Crippen LogP contribution in [0, 0.1) is 5.92 Å². The zero-order valence-electron chi connectivity index (χ0n) is 12.1. The van der Waals surface area contributed by atoms with E-state index in [1.54, 1.807) is 0 Å². The van der Waals surface area contributed by atoms with Crippen molar-refractivity contribution in [1.82, 2.24) is 10.3 Å². The molecule has 0 aromatic rings. The minimum atomic E-state index is -0.346. The van der Waals surface area contributed by atoms with Crippen molar-refractivity contribution in [1.29, 1.82) is 0 Å². The van der Waals surface area contributed by atoms with Crippen molar-refractivity contribution in [3.63, 3.8) is 0 Å². The Morgan fingerprint density at radius 2 is 2.11 bits per heavy atom. The van der Waals surface area contributed by atoms with Crippen LogP contribution in [-0.4, -0.2) is 42.1 Å². The molecular weight excluding hydrogens is 242 g/mol. The lowest BCUT2D eigenvalue weighted by Gasteiger charge is -2.26. The maximum Gasteiger partial charge on any atom is 0.263 e. The summed E-state index contributed by atoms with van der Waals surface area (Å²) >= 11 is 0. The third kappa shape index (κ3) is 4.44. The van der Waals surface area contributed by atoms with Gasteiger partial charge in [-0.1, -0.05) is 13.8 Å². The van der Waals surface area contributed by atoms with Gasteiger partial charge in [0, 0.05) is 12.6 Å². The highest BCUT2D eigenvalue weighted by atomic mass is 16.5. The van der Waals surface area contributed by atoms with Crippen LogP contribution in [0.2, 0.25) is 0 Å². The first kappa shape index (κ1) is 14.8. The number of carbonyl (C=O) groups excluding carboxylic acids is 1. The number of hydrogen-bond donors (Lipinski definition) is 2. The van der Waals surface area contributed by atoms with Crippen molar-refractivity contribution in [2.75, 3.05) is 13.1 Å². The van der Waals surface area contributed by atoms with Crippen LogP contribution in [-0.2, 0) is 9.53 Å². The summed E-state index contributed by atoms with van der Waals surface area (Å²) in [7, 11) is 0. The van der Waals surface area contributed by atoms with Crippen LogP contribution in [0.4, 0.5) is 0 Å². The fraction of sp³-hybridized carbons (Fsp3) is 0.929. The number of nitrogens with zero attached hydrogens (tertiary/aromatic N) is 1. The van der Waals surface area contributed by atoms with E-state index in [0.717, 1.165) is 37.9 Å². The van der Waals surface area contributed by atoms with Gasteiger partial charge >= 0.3 is 0 Å². The van der Waals surface area contributed by atoms with E-state index in [1.807, 2.05) is 0 Å². The molecule has 1 heterocycles. The van der Waals surface area contributed by atoms with Crippen molar-refractivity contribution >= 4 is 5.91 Å². The first-order chi connectivity index (χ1) is 9.10. The third-order valence-corrected chi connectivity index (χ3v) is 4.04. The van der Waals surface area contributed by atoms with Gasteiger partial charge < -0.3 is 4.74 Å². The normalized spacial score (nSPS) is 27.2. The standard InChI is InChI=1S/C14H27N3O2/c1-10(2)7-8-17(11-3-4-11)9-12-5-6-13(19-12)14(18)16-15/h10-13H,3-9,15H2,1-2H3,(H,16,18). The van der Waals surface area contributed by atoms with Gasteiger partial charge in [0.1, 0.15) is 6.10 Å². The molecule has 2 rings (SSSR count). The predicted octanol–water partition coefficient (Wildman–Crippen LogP) is 1.03. The summed E-state index contributed by atoms with van der Waals surface area (Å²) in [4.78, 5) is 14.0. The Morgan fingerprint density at radius 1 is 1.37 bits per heavy atom. The SMILES string of the molecule is CC(C)CCN(CC1CCC(C(=O)NN)O1)C1CC1. The molecule has 0 aromatic heterocycles. The number of hydrazine groups is 1. The summed E-state index contributed by atoms with van der Waals surface area (Å²) in [5.41, 5.74) is 2.18. The Morgan fingerprint density at radius 3 is 2.68 bits per heavy atom. The molecule has 2 unspecified atom stereocenters. The van der Waals surface area contributed by atoms with Crippen LogP contribution in [0.15, 0.2) is 0 Å². The van der Waals surface area contributed by atoms with Gasteiger partial charge in [0.05, 0.1) is 6.10 Å². The Kier molecular flexibility index (Phi) is 5.19. The molecule has 1 saturated heterocycles. The van der Waals surface area contributed by atoms with Crippen molar-refractivity contribution < 1.29 is 9.53 Å². The average molecular weight is 269 g/mol. The molecular formula is C14H27N3O2. The van der Waals surface area contributed by atoms with Crippen LogP contribution in [0.3, 0.4) is 0 Å². The second kappa shape index (κ2) is 6.68. The molecule has 3 N–H and O–H groups in total. The third-order valence-electron chi connectivity index (χ3n) is 4.04. The Labute approximate surface area is 115 Å². The summed E-state index contributed by atoms with van der Waals surface area (Å²) < 4.78 is 5.80. The van der Waals surface area contributed by atoms with Crippen LogP contribution < -0.4 is 11.3 Å². The van der Waals surface area contributed by atoms with E-state index in [2.05, 4.69) is 24.2 Å². The Balaban J connectivity index is 1.77. The molecule has 0 bridgehead atoms. The number of ether oxygens (including phenoxy) is 1. The van der Waals surface area contributed by atoms with Gasteiger partial charge in [0.25, 0.3) is 5.91 Å². The van der Waals surface area contributed by atoms with Crippen LogP contribution >= 0.6 is 0 Å². The molecule has 0 aromatic carbocycles. The number of hydrogen-bond acceptors (Lipinski definition) is 4. The highest BCUT2D eigenvalue weighted by Gasteiger charge is 2.35. The molecule has 5 nitrogen and oxygen atoms in total. The molecule has 2 atom stereocenters. The quantitative estimate of drug-likeness (QED) is 0.411. The van der Waals surface area contributed by atoms with Gasteiger partial charge in [0.2, 0.25) is 0 Å². The van der Waals surface area contributed by atoms with Gasteiger partial charge in [0.15, 0.2) is 0 Å². The Bertz CT molecular complexity index is 305. The maximum absolute atomic E-state index is 11.4. The van der Waals surface area contributed by atoms with Crippen LogP contribution in [0.25, 0.3) is 0 Å². The highest BCUT2D eigenvalue weighted by Crippen LogP contribution is 2.30. The minimum absolute atomic E-state index is 0.190. The summed E-state index contributed by atoms with van der Waals surface area (Å²) in [5, 5.41) is 0. The molecule has 1 saturated carbocycles. The van der Waals surface area contributed by atoms with Crippen molar-refractivity contribution in [3.05, 3.63) is 0 Å². The summed E-state index contributed by atoms with van der Waals surface area (Å²) in [5.74, 6) is 5.69. The fourth-order valence-electron chi connectivity index (χ4n) is 2.67. The van der Waals surface area contributed by atoms with E-state index in [9.17, 15) is 4.79 Å². The monoisotopic (exact) mass is 269 g/mol. The molecule has 19 heavy (non-hydrogen) atoms. The molecule has 110 valence electrons. The largest absolute Gasteiger partial charge is 0.364 e. The number of carbonyl (C=O) groups is 1. The first-order valence-corrected chi connectivity index (χ1v) is 7.50. The Hall–Kier alpha value is -0.650. The van der Waals surface area contributed by atoms with E-state index >= 15 is 0 Å². The first-order valence-electron chi connectivity index (χ1n) is 7.50. The molecule has 1 aliphatic carbocycles. The van der Waals surface area contributed by atoms with E-state index < -0.39 is 0 Å². The van der Waals surface area contributed by atoms with E-state index in [1.165, 1.54) is 19.3 Å². The highest BCUT2D eigenvalue weighted by molar-refractivity contribution is 5.80. The van der Waals surface area contributed by atoms with E-state index in [-0.39, 0.29) is 18.1 Å². The minimum Gasteiger partial charge on any atom is -0.364 e. The zero-order valence-corrected chi connectivity index (χ0v) is 12.1. The van der Waals surface area contributed by atoms with Crippen molar-refractivity contribution in [3.8, 4) is 0 Å². The van der Waals surface area contributed by atoms with Gasteiger partial charge in [-0.15, -0.1) is 0 Å². The lowest BCUT2D eigenvalue weighted by Crippen LogP contribution is -2.40. The molecule has 5 heteroatoms. The lowest BCUT2D eigenvalue weighted by molar-refractivity contribution is -0.132. The number of rotatable bonds is 7. The summed E-state index contributed by atoms with van der Waals surface area (Å²) in [6.45, 7) is 6.64. The molecule has 1 aliphatic heterocycles. The molecule has 2 fully saturated rings. The van der Waals surface area contributed by atoms with Crippen molar-refractivity contribution in [2.45, 2.75) is 64.2 Å². The lowest BCUT2D eigenvalue weighted by atomic mass is 10.1. The van der Waals surface area contributed by atoms with Gasteiger partial charge in [-0.3, -0.25) is 15.1 Å². The predicted molar refractivity (Wildman–Crippen MR) is 74.3 cm³/mol. The topological polar surface area (TPSA) is 67.6 Å². The zero-order chi connectivity index (χ0) is 13.8. The molecule has 0 spiro atoms. The number of amides is 1. The van der Waals surface area contributed by atoms with E-state index in [4.69, 9.17) is 10.6 Å². The van der Waals surface area contributed by atoms with Gasteiger partial charge in [-0.2, -0.15) is 0 Å². The number of nitrogens with one attached hydrogen (secondary N) is 1. The van der Waals surface area contributed by atoms with Crippen LogP contribution in [0.5, 0.6) is 0 Å². The molecule has 0 radical (unpaired) electrons. The van der Waals surface area contributed by atoms with E-state index in [0.29, 0.717) is 0 Å². The molecule has 2 aliphatic rings. The second-order valence-corrected chi connectivity index (χ2v) is 6.24. The maximum atomic E-state index is 11.4. The van der Waals surface area contributed by atoms with Crippen LogP contribution in [0.1, 0.15) is 46.0 Å². The number of nitrogens with two attached hydrogens (primary N) is 1. The van der Waals surface area contributed by atoms with Gasteiger partial charge in [-0.25, -0.2) is 5.84 Å². The summed E-state index contributed by atoms with van der Waals surface area (Å²) in [6, 6.07) is 0.754. The van der Waals surface area contributed by atoms with Crippen molar-refractivity contribution in [2.24, 2.45) is 11.8 Å².